The van der Waals surface area contributed by atoms with Crippen molar-refractivity contribution in [2.45, 2.75) is 39.3 Å². The lowest BCUT2D eigenvalue weighted by Crippen LogP contribution is -2.16. The summed E-state index contributed by atoms with van der Waals surface area (Å²) in [6.45, 7) is 6.05. The van der Waals surface area contributed by atoms with E-state index in [0.717, 1.165) is 38.3 Å². The molecule has 1 rings (SSSR count). The number of nitrogens with zero attached hydrogens (tertiary/aromatic N) is 3. The zero-order valence-corrected chi connectivity index (χ0v) is 11.1. The molecule has 1 heterocycles. The van der Waals surface area contributed by atoms with Crippen molar-refractivity contribution in [3.05, 3.63) is 11.9 Å². The van der Waals surface area contributed by atoms with Crippen molar-refractivity contribution in [3.8, 4) is 0 Å². The number of aromatic nitrogens is 3. The van der Waals surface area contributed by atoms with E-state index >= 15 is 0 Å². The van der Waals surface area contributed by atoms with Gasteiger partial charge in [-0.2, -0.15) is 0 Å². The SMILES string of the molecule is CCCCOCCCNCc1cn(CCO)nn1. The van der Waals surface area contributed by atoms with Gasteiger partial charge in [-0.1, -0.05) is 18.6 Å². The Labute approximate surface area is 108 Å². The number of ether oxygens (including phenoxy) is 1. The Balaban J connectivity index is 1.96. The number of nitrogens with one attached hydrogen (secondary N) is 1. The minimum Gasteiger partial charge on any atom is -0.394 e. The Kier molecular flexibility index (Phi) is 8.37. The first-order valence-electron chi connectivity index (χ1n) is 6.65. The minimum atomic E-state index is 0.0886. The van der Waals surface area contributed by atoms with Crippen molar-refractivity contribution in [1.29, 1.82) is 0 Å². The molecule has 0 fully saturated rings. The van der Waals surface area contributed by atoms with Crippen LogP contribution in [-0.2, 0) is 17.8 Å². The molecule has 1 aromatic rings. The summed E-state index contributed by atoms with van der Waals surface area (Å²) in [6, 6.07) is 0. The highest BCUT2D eigenvalue weighted by atomic mass is 16.5. The number of rotatable bonds is 11. The molecule has 6 heteroatoms. The van der Waals surface area contributed by atoms with Crippen molar-refractivity contribution in [1.82, 2.24) is 20.3 Å². The third-order valence-corrected chi connectivity index (χ3v) is 2.51. The zero-order valence-electron chi connectivity index (χ0n) is 11.1. The Hall–Kier alpha value is -0.980. The number of hydrogen-bond donors (Lipinski definition) is 2. The van der Waals surface area contributed by atoms with Gasteiger partial charge in [0.1, 0.15) is 0 Å². The van der Waals surface area contributed by atoms with Crippen LogP contribution in [0, 0.1) is 0 Å². The third kappa shape index (κ3) is 6.68. The van der Waals surface area contributed by atoms with Crippen LogP contribution in [0.1, 0.15) is 31.9 Å². The van der Waals surface area contributed by atoms with Crippen LogP contribution in [-0.4, -0.2) is 46.5 Å². The van der Waals surface area contributed by atoms with Gasteiger partial charge in [0.2, 0.25) is 0 Å². The Morgan fingerprint density at radius 1 is 1.39 bits per heavy atom. The average Bonchev–Trinajstić information content (AvgIpc) is 2.81. The highest BCUT2D eigenvalue weighted by Gasteiger charge is 1.99. The molecule has 0 aromatic carbocycles. The molecule has 0 saturated heterocycles. The van der Waals surface area contributed by atoms with Crippen LogP contribution in [0.4, 0.5) is 0 Å². The van der Waals surface area contributed by atoms with Gasteiger partial charge in [-0.25, -0.2) is 4.68 Å². The molecule has 2 N–H and O–H groups in total. The number of hydrogen-bond acceptors (Lipinski definition) is 5. The minimum absolute atomic E-state index is 0.0886. The maximum atomic E-state index is 8.75. The molecule has 0 radical (unpaired) electrons. The fourth-order valence-corrected chi connectivity index (χ4v) is 1.50. The van der Waals surface area contributed by atoms with Crippen LogP contribution in [0.25, 0.3) is 0 Å². The second-order valence-electron chi connectivity index (χ2n) is 4.19. The lowest BCUT2D eigenvalue weighted by Gasteiger charge is -2.04. The molecule has 0 bridgehead atoms. The molecule has 18 heavy (non-hydrogen) atoms. The van der Waals surface area contributed by atoms with Crippen molar-refractivity contribution < 1.29 is 9.84 Å². The first-order valence-corrected chi connectivity index (χ1v) is 6.65. The van der Waals surface area contributed by atoms with Gasteiger partial charge < -0.3 is 15.2 Å². The first-order chi connectivity index (χ1) is 8.86. The van der Waals surface area contributed by atoms with Crippen molar-refractivity contribution in [2.24, 2.45) is 0 Å². The normalized spacial score (nSPS) is 11.0. The summed E-state index contributed by atoms with van der Waals surface area (Å²) < 4.78 is 7.11. The van der Waals surface area contributed by atoms with E-state index in [1.807, 2.05) is 6.20 Å². The van der Waals surface area contributed by atoms with Crippen LogP contribution >= 0.6 is 0 Å². The molecule has 0 unspecified atom stereocenters. The summed E-state index contributed by atoms with van der Waals surface area (Å²) in [6.07, 6.45) is 5.18. The van der Waals surface area contributed by atoms with E-state index in [2.05, 4.69) is 22.6 Å². The summed E-state index contributed by atoms with van der Waals surface area (Å²) in [5, 5.41) is 19.9. The van der Waals surface area contributed by atoms with Gasteiger partial charge in [0.15, 0.2) is 0 Å². The molecule has 6 nitrogen and oxygen atoms in total. The standard InChI is InChI=1S/C12H24N4O2/c1-2-3-8-18-9-4-5-13-10-12-11-16(6-7-17)15-14-12/h11,13,17H,2-10H2,1H3. The molecule has 0 amide bonds. The second-order valence-corrected chi connectivity index (χ2v) is 4.19. The van der Waals surface area contributed by atoms with E-state index in [-0.39, 0.29) is 6.61 Å². The lowest BCUT2D eigenvalue weighted by molar-refractivity contribution is 0.128. The third-order valence-electron chi connectivity index (χ3n) is 2.51. The zero-order chi connectivity index (χ0) is 13.1. The van der Waals surface area contributed by atoms with E-state index in [1.165, 1.54) is 6.42 Å². The van der Waals surface area contributed by atoms with Gasteiger partial charge in [-0.15, -0.1) is 5.10 Å². The molecule has 0 aliphatic rings. The van der Waals surface area contributed by atoms with Crippen LogP contribution < -0.4 is 5.32 Å². The summed E-state index contributed by atoms with van der Waals surface area (Å²) in [7, 11) is 0. The smallest absolute Gasteiger partial charge is 0.0964 e. The fraction of sp³-hybridized carbons (Fsp3) is 0.833. The van der Waals surface area contributed by atoms with Crippen molar-refractivity contribution in [3.63, 3.8) is 0 Å². The van der Waals surface area contributed by atoms with Gasteiger partial charge >= 0.3 is 0 Å². The van der Waals surface area contributed by atoms with Gasteiger partial charge in [0.25, 0.3) is 0 Å². The molecule has 1 aromatic heterocycles. The Morgan fingerprint density at radius 3 is 3.00 bits per heavy atom. The molecule has 0 saturated carbocycles. The maximum absolute atomic E-state index is 8.75. The highest BCUT2D eigenvalue weighted by Crippen LogP contribution is 1.93. The number of aliphatic hydroxyl groups is 1. The van der Waals surface area contributed by atoms with Crippen molar-refractivity contribution >= 4 is 0 Å². The molecule has 0 aliphatic carbocycles. The fourth-order valence-electron chi connectivity index (χ4n) is 1.50. The van der Waals surface area contributed by atoms with E-state index in [0.29, 0.717) is 13.1 Å². The molecule has 0 aliphatic heterocycles. The molecule has 104 valence electrons. The monoisotopic (exact) mass is 256 g/mol. The van der Waals surface area contributed by atoms with Crippen LogP contribution in [0.2, 0.25) is 0 Å². The van der Waals surface area contributed by atoms with Gasteiger partial charge in [-0.05, 0) is 19.4 Å². The summed E-state index contributed by atoms with van der Waals surface area (Å²) >= 11 is 0. The lowest BCUT2D eigenvalue weighted by atomic mass is 10.3. The topological polar surface area (TPSA) is 72.2 Å². The first kappa shape index (κ1) is 15.1. The van der Waals surface area contributed by atoms with E-state index < -0.39 is 0 Å². The van der Waals surface area contributed by atoms with Crippen LogP contribution in [0.15, 0.2) is 6.20 Å². The predicted molar refractivity (Wildman–Crippen MR) is 69.2 cm³/mol. The highest BCUT2D eigenvalue weighted by molar-refractivity contribution is 4.91. The second kappa shape index (κ2) is 9.99. The molecule has 0 spiro atoms. The summed E-state index contributed by atoms with van der Waals surface area (Å²) in [5.41, 5.74) is 0.898. The van der Waals surface area contributed by atoms with Crippen LogP contribution in [0.3, 0.4) is 0 Å². The van der Waals surface area contributed by atoms with Crippen LogP contribution in [0.5, 0.6) is 0 Å². The Morgan fingerprint density at radius 2 is 2.22 bits per heavy atom. The number of aliphatic hydroxyl groups excluding tert-OH is 1. The molecule has 0 atom stereocenters. The van der Waals surface area contributed by atoms with E-state index in [1.54, 1.807) is 4.68 Å². The largest absolute Gasteiger partial charge is 0.394 e. The van der Waals surface area contributed by atoms with Gasteiger partial charge in [0, 0.05) is 26.0 Å². The maximum Gasteiger partial charge on any atom is 0.0964 e. The van der Waals surface area contributed by atoms with Gasteiger partial charge in [-0.3, -0.25) is 0 Å². The molecular weight excluding hydrogens is 232 g/mol. The quantitative estimate of drug-likeness (QED) is 0.566. The summed E-state index contributed by atoms with van der Waals surface area (Å²) in [4.78, 5) is 0. The average molecular weight is 256 g/mol. The predicted octanol–water partition coefficient (Wildman–Crippen LogP) is 0.567. The molecular formula is C12H24N4O2. The van der Waals surface area contributed by atoms with E-state index in [4.69, 9.17) is 9.84 Å². The van der Waals surface area contributed by atoms with E-state index in [9.17, 15) is 0 Å². The van der Waals surface area contributed by atoms with Crippen molar-refractivity contribution in [2.75, 3.05) is 26.4 Å². The summed E-state index contributed by atoms with van der Waals surface area (Å²) in [5.74, 6) is 0. The Bertz CT molecular complexity index is 304. The van der Waals surface area contributed by atoms with Gasteiger partial charge in [0.05, 0.1) is 18.8 Å². The number of unbranched alkanes of at least 4 members (excludes halogenated alkanes) is 1.